The molecule has 2 saturated heterocycles. The predicted octanol–water partition coefficient (Wildman–Crippen LogP) is 3.51. The lowest BCUT2D eigenvalue weighted by atomic mass is 9.84. The minimum atomic E-state index is 0.158. The van der Waals surface area contributed by atoms with Gasteiger partial charge in [-0.3, -0.25) is 9.69 Å². The molecule has 1 aromatic carbocycles. The zero-order chi connectivity index (χ0) is 18.4. The van der Waals surface area contributed by atoms with E-state index in [1.807, 2.05) is 17.8 Å². The van der Waals surface area contributed by atoms with Crippen LogP contribution < -0.4 is 10.6 Å². The van der Waals surface area contributed by atoms with Crippen LogP contribution in [0.4, 0.5) is 5.69 Å². The van der Waals surface area contributed by atoms with E-state index in [9.17, 15) is 4.79 Å². The Kier molecular flexibility index (Phi) is 7.41. The maximum absolute atomic E-state index is 12.6. The molecule has 2 fully saturated rings. The van der Waals surface area contributed by atoms with Gasteiger partial charge in [-0.15, -0.1) is 0 Å². The van der Waals surface area contributed by atoms with Gasteiger partial charge in [0.1, 0.15) is 0 Å². The predicted molar refractivity (Wildman–Crippen MR) is 112 cm³/mol. The molecule has 0 radical (unpaired) electrons. The minimum absolute atomic E-state index is 0.158. The first kappa shape index (κ1) is 19.7. The van der Waals surface area contributed by atoms with Crippen LogP contribution in [0.3, 0.4) is 0 Å². The topological polar surface area (TPSA) is 44.4 Å². The molecule has 3 rings (SSSR count). The highest BCUT2D eigenvalue weighted by Crippen LogP contribution is 2.26. The molecular weight excluding hydrogens is 342 g/mol. The molecule has 0 aromatic heterocycles. The third kappa shape index (κ3) is 5.48. The Morgan fingerprint density at radius 1 is 1.31 bits per heavy atom. The highest BCUT2D eigenvalue weighted by Gasteiger charge is 2.22. The van der Waals surface area contributed by atoms with Gasteiger partial charge < -0.3 is 10.6 Å². The number of nitrogens with one attached hydrogen (secondary N) is 2. The van der Waals surface area contributed by atoms with Gasteiger partial charge in [0.15, 0.2) is 0 Å². The van der Waals surface area contributed by atoms with Crippen molar-refractivity contribution in [2.24, 2.45) is 11.8 Å². The smallest absolute Gasteiger partial charge is 0.224 e. The summed E-state index contributed by atoms with van der Waals surface area (Å²) in [5.74, 6) is 3.73. The standard InChI is InChI=1S/C21H33N3OS/c1-16(18-6-8-22-9-7-18)14-21(25)23-20-5-3-4-19(17(20)2)15-24-10-12-26-13-11-24/h3-5,16,18,22H,6-15H2,1-2H3,(H,23,25). The van der Waals surface area contributed by atoms with Gasteiger partial charge >= 0.3 is 0 Å². The lowest BCUT2D eigenvalue weighted by Crippen LogP contribution is -2.32. The molecule has 1 aromatic rings. The van der Waals surface area contributed by atoms with Gasteiger partial charge in [0.2, 0.25) is 5.91 Å². The number of anilines is 1. The summed E-state index contributed by atoms with van der Waals surface area (Å²) in [6.45, 7) is 9.86. The van der Waals surface area contributed by atoms with Crippen molar-refractivity contribution in [3.63, 3.8) is 0 Å². The van der Waals surface area contributed by atoms with Crippen LogP contribution >= 0.6 is 11.8 Å². The lowest BCUT2D eigenvalue weighted by Gasteiger charge is -2.28. The van der Waals surface area contributed by atoms with Crippen molar-refractivity contribution in [3.8, 4) is 0 Å². The van der Waals surface area contributed by atoms with Crippen LogP contribution in [-0.2, 0) is 11.3 Å². The SMILES string of the molecule is Cc1c(CN2CCSCC2)cccc1NC(=O)CC(C)C1CCNCC1. The molecule has 0 aliphatic carbocycles. The number of thioether (sulfide) groups is 1. The van der Waals surface area contributed by atoms with Crippen LogP contribution in [0.1, 0.15) is 37.3 Å². The molecule has 144 valence electrons. The molecule has 5 heteroatoms. The van der Waals surface area contributed by atoms with E-state index in [4.69, 9.17) is 0 Å². The summed E-state index contributed by atoms with van der Waals surface area (Å²) in [5, 5.41) is 6.58. The molecule has 1 atom stereocenters. The molecule has 0 saturated carbocycles. The van der Waals surface area contributed by atoms with Crippen molar-refractivity contribution in [3.05, 3.63) is 29.3 Å². The van der Waals surface area contributed by atoms with Crippen molar-refractivity contribution in [2.75, 3.05) is 43.0 Å². The number of amides is 1. The summed E-state index contributed by atoms with van der Waals surface area (Å²) >= 11 is 2.04. The van der Waals surface area contributed by atoms with Crippen molar-refractivity contribution in [2.45, 2.75) is 39.7 Å². The second kappa shape index (κ2) is 9.77. The fourth-order valence-corrected chi connectivity index (χ4v) is 5.04. The summed E-state index contributed by atoms with van der Waals surface area (Å²) in [4.78, 5) is 15.1. The van der Waals surface area contributed by atoms with Gasteiger partial charge in [-0.1, -0.05) is 19.1 Å². The van der Waals surface area contributed by atoms with Crippen LogP contribution in [0, 0.1) is 18.8 Å². The lowest BCUT2D eigenvalue weighted by molar-refractivity contribution is -0.117. The Labute approximate surface area is 162 Å². The van der Waals surface area contributed by atoms with Gasteiger partial charge in [-0.05, 0) is 61.9 Å². The fourth-order valence-electron chi connectivity index (χ4n) is 4.06. The number of nitrogens with zero attached hydrogens (tertiary/aromatic N) is 1. The summed E-state index contributed by atoms with van der Waals surface area (Å²) < 4.78 is 0. The van der Waals surface area contributed by atoms with Crippen LogP contribution in [-0.4, -0.2) is 48.5 Å². The first-order valence-corrected chi connectivity index (χ1v) is 11.2. The van der Waals surface area contributed by atoms with Crippen LogP contribution in [0.2, 0.25) is 0 Å². The molecule has 0 bridgehead atoms. The van der Waals surface area contributed by atoms with E-state index in [-0.39, 0.29) is 5.91 Å². The van der Waals surface area contributed by atoms with E-state index in [1.54, 1.807) is 0 Å². The van der Waals surface area contributed by atoms with Crippen molar-refractivity contribution < 1.29 is 4.79 Å². The number of carbonyl (C=O) groups is 1. The van der Waals surface area contributed by atoms with Crippen molar-refractivity contribution in [1.29, 1.82) is 0 Å². The van der Waals surface area contributed by atoms with Gasteiger partial charge in [0.05, 0.1) is 0 Å². The number of hydrogen-bond acceptors (Lipinski definition) is 4. The minimum Gasteiger partial charge on any atom is -0.326 e. The Morgan fingerprint density at radius 3 is 2.77 bits per heavy atom. The van der Waals surface area contributed by atoms with Crippen molar-refractivity contribution in [1.82, 2.24) is 10.2 Å². The largest absolute Gasteiger partial charge is 0.326 e. The average Bonchev–Trinajstić information content (AvgIpc) is 2.66. The van der Waals surface area contributed by atoms with E-state index in [2.05, 4.69) is 41.5 Å². The summed E-state index contributed by atoms with van der Waals surface area (Å²) in [7, 11) is 0. The zero-order valence-electron chi connectivity index (χ0n) is 16.2. The maximum atomic E-state index is 12.6. The molecule has 4 nitrogen and oxygen atoms in total. The third-order valence-corrected chi connectivity index (χ3v) is 6.86. The summed E-state index contributed by atoms with van der Waals surface area (Å²) in [5.41, 5.74) is 3.53. The number of hydrogen-bond donors (Lipinski definition) is 2. The van der Waals surface area contributed by atoms with E-state index >= 15 is 0 Å². The van der Waals surface area contributed by atoms with Crippen LogP contribution in [0.25, 0.3) is 0 Å². The van der Waals surface area contributed by atoms with Crippen LogP contribution in [0.5, 0.6) is 0 Å². The highest BCUT2D eigenvalue weighted by molar-refractivity contribution is 7.99. The molecule has 2 aliphatic rings. The zero-order valence-corrected chi connectivity index (χ0v) is 17.0. The average molecular weight is 376 g/mol. The van der Waals surface area contributed by atoms with Gasteiger partial charge in [-0.2, -0.15) is 11.8 Å². The molecule has 1 unspecified atom stereocenters. The summed E-state index contributed by atoms with van der Waals surface area (Å²) in [6.07, 6.45) is 3.01. The Hall–Kier alpha value is -1.04. The quantitative estimate of drug-likeness (QED) is 0.799. The Morgan fingerprint density at radius 2 is 2.04 bits per heavy atom. The molecule has 2 N–H and O–H groups in total. The Bertz CT molecular complexity index is 595. The van der Waals surface area contributed by atoms with Gasteiger partial charge in [-0.25, -0.2) is 0 Å². The molecular formula is C21H33N3OS. The van der Waals surface area contributed by atoms with E-state index < -0.39 is 0 Å². The Balaban J connectivity index is 1.56. The summed E-state index contributed by atoms with van der Waals surface area (Å²) in [6, 6.07) is 6.31. The molecule has 26 heavy (non-hydrogen) atoms. The number of rotatable bonds is 6. The van der Waals surface area contributed by atoms with E-state index in [0.29, 0.717) is 18.3 Å². The van der Waals surface area contributed by atoms with Crippen molar-refractivity contribution >= 4 is 23.4 Å². The molecule has 0 spiro atoms. The first-order valence-electron chi connectivity index (χ1n) is 10.0. The first-order chi connectivity index (χ1) is 12.6. The maximum Gasteiger partial charge on any atom is 0.224 e. The second-order valence-corrected chi connectivity index (χ2v) is 9.02. The number of carbonyl (C=O) groups excluding carboxylic acids is 1. The van der Waals surface area contributed by atoms with E-state index in [0.717, 1.165) is 38.4 Å². The molecule has 2 aliphatic heterocycles. The third-order valence-electron chi connectivity index (χ3n) is 5.91. The van der Waals surface area contributed by atoms with Gasteiger partial charge in [0, 0.05) is 43.2 Å². The normalized spacial score (nSPS) is 20.7. The monoisotopic (exact) mass is 375 g/mol. The number of benzene rings is 1. The second-order valence-electron chi connectivity index (χ2n) is 7.80. The van der Waals surface area contributed by atoms with E-state index in [1.165, 1.54) is 35.5 Å². The highest BCUT2D eigenvalue weighted by atomic mass is 32.2. The molecule has 2 heterocycles. The molecule has 1 amide bonds. The fraction of sp³-hybridized carbons (Fsp3) is 0.667. The number of piperidine rings is 1. The van der Waals surface area contributed by atoms with Gasteiger partial charge in [0.25, 0.3) is 0 Å². The van der Waals surface area contributed by atoms with Crippen LogP contribution in [0.15, 0.2) is 18.2 Å².